The number of hydrogen-bond donors (Lipinski definition) is 3. The number of ether oxygens (including phenoxy) is 2. The van der Waals surface area contributed by atoms with E-state index in [1.54, 1.807) is 18.2 Å². The van der Waals surface area contributed by atoms with E-state index in [1.807, 2.05) is 0 Å². The lowest BCUT2D eigenvalue weighted by Crippen LogP contribution is -2.43. The van der Waals surface area contributed by atoms with Gasteiger partial charge in [-0.3, -0.25) is 9.59 Å². The number of alkyl halides is 3. The van der Waals surface area contributed by atoms with Crippen LogP contribution in [-0.2, 0) is 22.1 Å². The Morgan fingerprint density at radius 3 is 2.64 bits per heavy atom. The zero-order valence-corrected chi connectivity index (χ0v) is 24.0. The van der Waals surface area contributed by atoms with Gasteiger partial charge in [0, 0.05) is 44.0 Å². The zero-order chi connectivity index (χ0) is 29.9. The minimum absolute atomic E-state index is 0.00927. The van der Waals surface area contributed by atoms with Gasteiger partial charge in [0.2, 0.25) is 11.9 Å². The third-order valence-corrected chi connectivity index (χ3v) is 8.91. The SMILES string of the molecule is COc1cc(C(=O)NC2CCOCC2)ccc1Nc1ncc(C(F)(F)F)c(CCC2C[C@@]23CCCCC3NC(C)=O)n1. The van der Waals surface area contributed by atoms with Crippen molar-refractivity contribution in [3.63, 3.8) is 0 Å². The highest BCUT2D eigenvalue weighted by Crippen LogP contribution is 2.63. The van der Waals surface area contributed by atoms with Crippen molar-refractivity contribution in [3.8, 4) is 5.75 Å². The predicted molar refractivity (Wildman–Crippen MR) is 150 cm³/mol. The van der Waals surface area contributed by atoms with Gasteiger partial charge in [0.05, 0.1) is 24.1 Å². The van der Waals surface area contributed by atoms with E-state index in [-0.39, 0.29) is 53.3 Å². The van der Waals surface area contributed by atoms with Crippen molar-refractivity contribution in [2.45, 2.75) is 83.0 Å². The normalized spacial score (nSPS) is 24.2. The smallest absolute Gasteiger partial charge is 0.419 e. The molecule has 3 N–H and O–H groups in total. The van der Waals surface area contributed by atoms with Crippen LogP contribution in [0.1, 0.15) is 79.9 Å². The second kappa shape index (κ2) is 12.4. The molecule has 2 aromatic rings. The summed E-state index contributed by atoms with van der Waals surface area (Å²) < 4.78 is 52.5. The summed E-state index contributed by atoms with van der Waals surface area (Å²) in [7, 11) is 1.45. The first-order valence-corrected chi connectivity index (χ1v) is 14.6. The first-order chi connectivity index (χ1) is 20.1. The highest BCUT2D eigenvalue weighted by molar-refractivity contribution is 5.95. The number of carbonyl (C=O) groups is 2. The number of nitrogens with one attached hydrogen (secondary N) is 3. The average Bonchev–Trinajstić information content (AvgIpc) is 3.65. The summed E-state index contributed by atoms with van der Waals surface area (Å²) in [4.78, 5) is 32.7. The number of methoxy groups -OCH3 is 1. The van der Waals surface area contributed by atoms with Crippen LogP contribution in [0.4, 0.5) is 24.8 Å². The molecule has 3 atom stereocenters. The van der Waals surface area contributed by atoms with Crippen LogP contribution in [-0.4, -0.2) is 54.2 Å². The van der Waals surface area contributed by atoms with Crippen LogP contribution < -0.4 is 20.7 Å². The van der Waals surface area contributed by atoms with E-state index in [9.17, 15) is 22.8 Å². The molecule has 2 heterocycles. The predicted octanol–water partition coefficient (Wildman–Crippen LogP) is 5.17. The fourth-order valence-corrected chi connectivity index (χ4v) is 6.63. The molecular weight excluding hydrogens is 551 g/mol. The van der Waals surface area contributed by atoms with Crippen molar-refractivity contribution in [1.82, 2.24) is 20.6 Å². The fourth-order valence-electron chi connectivity index (χ4n) is 6.63. The van der Waals surface area contributed by atoms with Gasteiger partial charge in [0.25, 0.3) is 5.91 Å². The van der Waals surface area contributed by atoms with Gasteiger partial charge in [0.15, 0.2) is 0 Å². The Bertz CT molecular complexity index is 1300. The van der Waals surface area contributed by atoms with Crippen molar-refractivity contribution in [3.05, 3.63) is 41.2 Å². The lowest BCUT2D eigenvalue weighted by molar-refractivity contribution is -0.138. The van der Waals surface area contributed by atoms with Gasteiger partial charge < -0.3 is 25.4 Å². The summed E-state index contributed by atoms with van der Waals surface area (Å²) in [6.45, 7) is 2.71. The van der Waals surface area contributed by atoms with Gasteiger partial charge in [-0.05, 0) is 74.5 Å². The molecule has 1 aliphatic heterocycles. The number of anilines is 2. The maximum Gasteiger partial charge on any atom is 0.419 e. The monoisotopic (exact) mass is 589 g/mol. The number of hydrogen-bond acceptors (Lipinski definition) is 7. The Hall–Kier alpha value is -3.41. The van der Waals surface area contributed by atoms with E-state index >= 15 is 0 Å². The molecule has 3 fully saturated rings. The van der Waals surface area contributed by atoms with Crippen LogP contribution in [0.2, 0.25) is 0 Å². The lowest BCUT2D eigenvalue weighted by Gasteiger charge is -2.33. The number of amides is 2. The molecule has 3 aliphatic rings. The quantitative estimate of drug-likeness (QED) is 0.370. The average molecular weight is 590 g/mol. The minimum atomic E-state index is -4.59. The van der Waals surface area contributed by atoms with Gasteiger partial charge >= 0.3 is 6.18 Å². The van der Waals surface area contributed by atoms with Crippen LogP contribution in [0, 0.1) is 11.3 Å². The number of benzene rings is 1. The molecule has 9 nitrogen and oxygen atoms in total. The molecule has 1 aromatic carbocycles. The first kappa shape index (κ1) is 30.1. The molecule has 0 radical (unpaired) electrons. The Kier molecular flexibility index (Phi) is 8.91. The van der Waals surface area contributed by atoms with Crippen LogP contribution in [0.25, 0.3) is 0 Å². The maximum atomic E-state index is 13.9. The second-order valence-corrected chi connectivity index (χ2v) is 11.6. The van der Waals surface area contributed by atoms with Gasteiger partial charge in [-0.15, -0.1) is 0 Å². The van der Waals surface area contributed by atoms with E-state index in [0.717, 1.165) is 51.1 Å². The Labute approximate surface area is 243 Å². The van der Waals surface area contributed by atoms with Crippen LogP contribution in [0.5, 0.6) is 5.75 Å². The lowest BCUT2D eigenvalue weighted by atomic mass is 9.79. The molecule has 2 amide bonds. The Balaban J connectivity index is 1.29. The number of nitrogens with zero attached hydrogens (tertiary/aromatic N) is 2. The summed E-state index contributed by atoms with van der Waals surface area (Å²) in [5.41, 5.74) is -0.121. The fraction of sp³-hybridized carbons (Fsp3) is 0.600. The zero-order valence-electron chi connectivity index (χ0n) is 24.0. The minimum Gasteiger partial charge on any atom is -0.495 e. The van der Waals surface area contributed by atoms with Crippen molar-refractivity contribution >= 4 is 23.5 Å². The van der Waals surface area contributed by atoms with Gasteiger partial charge in [0.1, 0.15) is 5.75 Å². The maximum absolute atomic E-state index is 13.9. The molecule has 12 heteroatoms. The van der Waals surface area contributed by atoms with E-state index in [0.29, 0.717) is 36.6 Å². The molecule has 2 unspecified atom stereocenters. The Morgan fingerprint density at radius 1 is 1.14 bits per heavy atom. The molecule has 1 spiro atoms. The summed E-state index contributed by atoms with van der Waals surface area (Å²) >= 11 is 0. The molecule has 2 saturated carbocycles. The molecule has 0 bridgehead atoms. The van der Waals surface area contributed by atoms with Crippen molar-refractivity contribution < 1.29 is 32.2 Å². The highest BCUT2D eigenvalue weighted by Gasteiger charge is 2.58. The van der Waals surface area contributed by atoms with Gasteiger partial charge in [-0.1, -0.05) is 12.8 Å². The molecule has 2 aliphatic carbocycles. The second-order valence-electron chi connectivity index (χ2n) is 11.6. The molecular formula is C30H38F3N5O4. The van der Waals surface area contributed by atoms with Crippen LogP contribution in [0.15, 0.2) is 24.4 Å². The molecule has 1 aromatic heterocycles. The van der Waals surface area contributed by atoms with Crippen LogP contribution in [0.3, 0.4) is 0 Å². The molecule has 1 saturated heterocycles. The van der Waals surface area contributed by atoms with Crippen molar-refractivity contribution in [1.29, 1.82) is 0 Å². The summed E-state index contributed by atoms with van der Waals surface area (Å²) in [5.74, 6) is 0.274. The highest BCUT2D eigenvalue weighted by atomic mass is 19.4. The summed E-state index contributed by atoms with van der Waals surface area (Å²) in [6, 6.07) is 4.93. The largest absolute Gasteiger partial charge is 0.495 e. The van der Waals surface area contributed by atoms with Gasteiger partial charge in [-0.25, -0.2) is 9.97 Å². The van der Waals surface area contributed by atoms with Crippen LogP contribution >= 0.6 is 0 Å². The number of carbonyl (C=O) groups excluding carboxylic acids is 2. The summed E-state index contributed by atoms with van der Waals surface area (Å²) in [5, 5.41) is 9.05. The molecule has 42 heavy (non-hydrogen) atoms. The number of aromatic nitrogens is 2. The van der Waals surface area contributed by atoms with E-state index in [2.05, 4.69) is 25.9 Å². The number of aryl methyl sites for hydroxylation is 1. The van der Waals surface area contributed by atoms with E-state index in [4.69, 9.17) is 9.47 Å². The third kappa shape index (κ3) is 6.79. The van der Waals surface area contributed by atoms with E-state index in [1.165, 1.54) is 14.0 Å². The number of halogens is 3. The molecule has 5 rings (SSSR count). The standard InChI is InChI=1S/C30H38F3N5O4/c1-18(39)35-26-5-3-4-12-29(26)16-20(29)7-9-23-22(30(31,32)33)17-34-28(37-23)38-24-8-6-19(15-25(24)41-2)27(40)36-21-10-13-42-14-11-21/h6,8,15,17,20-21,26H,3-5,7,9-14,16H2,1-2H3,(H,35,39)(H,36,40)(H,34,37,38)/t20?,26?,29-/m0/s1. The number of rotatable bonds is 9. The summed E-state index contributed by atoms with van der Waals surface area (Å²) in [6.07, 6.45) is 3.32. The third-order valence-electron chi connectivity index (χ3n) is 8.91. The first-order valence-electron chi connectivity index (χ1n) is 14.6. The topological polar surface area (TPSA) is 114 Å². The van der Waals surface area contributed by atoms with E-state index < -0.39 is 11.7 Å². The van der Waals surface area contributed by atoms with Crippen molar-refractivity contribution in [2.24, 2.45) is 11.3 Å². The Morgan fingerprint density at radius 2 is 1.93 bits per heavy atom. The molecule has 228 valence electrons. The van der Waals surface area contributed by atoms with Crippen molar-refractivity contribution in [2.75, 3.05) is 25.6 Å². The van der Waals surface area contributed by atoms with Gasteiger partial charge in [-0.2, -0.15) is 13.2 Å².